The van der Waals surface area contributed by atoms with E-state index in [1.807, 2.05) is 6.92 Å². The van der Waals surface area contributed by atoms with Crippen LogP contribution in [0.2, 0.25) is 0 Å². The number of aryl methyl sites for hydroxylation is 2. The fraction of sp³-hybridized carbons (Fsp3) is 0.636. The summed E-state index contributed by atoms with van der Waals surface area (Å²) >= 11 is 0. The van der Waals surface area contributed by atoms with E-state index in [-0.39, 0.29) is 0 Å². The van der Waals surface area contributed by atoms with Gasteiger partial charge in [-0.05, 0) is 19.8 Å². The molecule has 2 heterocycles. The zero-order valence-corrected chi connectivity index (χ0v) is 8.84. The number of rotatable bonds is 3. The number of hydrogen-bond acceptors (Lipinski definition) is 3. The van der Waals surface area contributed by atoms with Gasteiger partial charge in [-0.25, -0.2) is 0 Å². The van der Waals surface area contributed by atoms with Gasteiger partial charge in [-0.3, -0.25) is 0 Å². The molecule has 0 saturated heterocycles. The van der Waals surface area contributed by atoms with Crippen LogP contribution in [0.1, 0.15) is 36.7 Å². The second-order valence-electron chi connectivity index (χ2n) is 3.74. The van der Waals surface area contributed by atoms with Gasteiger partial charge in [-0.15, -0.1) is 0 Å². The van der Waals surface area contributed by atoms with Gasteiger partial charge < -0.3 is 4.74 Å². The van der Waals surface area contributed by atoms with Crippen LogP contribution in [0.5, 0.6) is 5.75 Å². The Kier molecular flexibility index (Phi) is 2.66. The van der Waals surface area contributed by atoms with Gasteiger partial charge in [0.25, 0.3) is 0 Å². The molecule has 1 aromatic rings. The summed E-state index contributed by atoms with van der Waals surface area (Å²) in [5, 5.41) is 8.39. The molecule has 0 bridgehead atoms. The number of ether oxygens (including phenoxy) is 1. The highest BCUT2D eigenvalue weighted by Gasteiger charge is 2.20. The Hall–Kier alpha value is -1.12. The van der Waals surface area contributed by atoms with Crippen LogP contribution in [0, 0.1) is 6.92 Å². The summed E-state index contributed by atoms with van der Waals surface area (Å²) in [6.07, 6.45) is 4.43. The normalized spacial score (nSPS) is 13.9. The van der Waals surface area contributed by atoms with Gasteiger partial charge in [0, 0.05) is 12.0 Å². The van der Waals surface area contributed by atoms with E-state index in [1.165, 1.54) is 18.4 Å². The highest BCUT2D eigenvalue weighted by Crippen LogP contribution is 2.29. The molecule has 2 rings (SSSR count). The first kappa shape index (κ1) is 9.44. The van der Waals surface area contributed by atoms with Crippen molar-refractivity contribution in [3.8, 4) is 5.75 Å². The molecule has 1 aliphatic heterocycles. The van der Waals surface area contributed by atoms with Crippen molar-refractivity contribution in [2.75, 3.05) is 6.61 Å². The summed E-state index contributed by atoms with van der Waals surface area (Å²) in [6.45, 7) is 4.95. The van der Waals surface area contributed by atoms with Crippen LogP contribution in [0.15, 0.2) is 0 Å². The molecule has 76 valence electrons. The van der Waals surface area contributed by atoms with E-state index in [4.69, 9.17) is 4.74 Å². The first-order valence-corrected chi connectivity index (χ1v) is 5.30. The summed E-state index contributed by atoms with van der Waals surface area (Å²) in [7, 11) is 0. The predicted molar refractivity (Wildman–Crippen MR) is 54.6 cm³/mol. The fourth-order valence-electron chi connectivity index (χ4n) is 1.84. The number of unbranched alkanes of at least 4 members (excludes halogenated alkanes) is 1. The molecule has 1 aliphatic rings. The average molecular weight is 192 g/mol. The Morgan fingerprint density at radius 2 is 2.21 bits per heavy atom. The lowest BCUT2D eigenvalue weighted by Crippen LogP contribution is -2.00. The van der Waals surface area contributed by atoms with E-state index < -0.39 is 0 Å². The maximum atomic E-state index is 5.55. The first-order valence-electron chi connectivity index (χ1n) is 5.30. The van der Waals surface area contributed by atoms with Crippen molar-refractivity contribution in [3.63, 3.8) is 0 Å². The predicted octanol–water partition coefficient (Wildman–Crippen LogP) is 2.06. The molecule has 0 fully saturated rings. The van der Waals surface area contributed by atoms with Crippen molar-refractivity contribution in [1.29, 1.82) is 0 Å². The Labute approximate surface area is 84.5 Å². The summed E-state index contributed by atoms with van der Waals surface area (Å²) in [5.41, 5.74) is 3.37. The third-order valence-corrected chi connectivity index (χ3v) is 2.64. The van der Waals surface area contributed by atoms with Crippen molar-refractivity contribution < 1.29 is 4.74 Å². The average Bonchev–Trinajstić information content (AvgIpc) is 2.66. The minimum Gasteiger partial charge on any atom is -0.491 e. The molecular formula is C11H16N2O. The zero-order chi connectivity index (χ0) is 9.97. The quantitative estimate of drug-likeness (QED) is 0.735. The lowest BCUT2D eigenvalue weighted by molar-refractivity contribution is 0.352. The second-order valence-corrected chi connectivity index (χ2v) is 3.74. The first-order chi connectivity index (χ1) is 6.83. The monoisotopic (exact) mass is 192 g/mol. The Morgan fingerprint density at radius 3 is 3.00 bits per heavy atom. The topological polar surface area (TPSA) is 35.0 Å². The summed E-state index contributed by atoms with van der Waals surface area (Å²) in [5.74, 6) is 0.992. The molecule has 3 nitrogen and oxygen atoms in total. The van der Waals surface area contributed by atoms with Crippen LogP contribution in [0.3, 0.4) is 0 Å². The van der Waals surface area contributed by atoms with Gasteiger partial charge in [-0.1, -0.05) is 13.3 Å². The molecule has 3 heteroatoms. The standard InChI is InChI=1S/C11H16N2O/c1-3-4-5-10-9-6-7-14-11(9)8(2)12-13-10/h3-7H2,1-2H3. The van der Waals surface area contributed by atoms with E-state index in [0.29, 0.717) is 0 Å². The van der Waals surface area contributed by atoms with E-state index in [1.54, 1.807) is 0 Å². The third-order valence-electron chi connectivity index (χ3n) is 2.64. The molecule has 0 unspecified atom stereocenters. The Balaban J connectivity index is 2.29. The number of hydrogen-bond donors (Lipinski definition) is 0. The highest BCUT2D eigenvalue weighted by atomic mass is 16.5. The molecule has 0 N–H and O–H groups in total. The molecule has 14 heavy (non-hydrogen) atoms. The Morgan fingerprint density at radius 1 is 1.36 bits per heavy atom. The zero-order valence-electron chi connectivity index (χ0n) is 8.84. The van der Waals surface area contributed by atoms with Gasteiger partial charge in [0.05, 0.1) is 12.3 Å². The highest BCUT2D eigenvalue weighted by molar-refractivity contribution is 5.41. The largest absolute Gasteiger partial charge is 0.491 e. The van der Waals surface area contributed by atoms with Gasteiger partial charge in [0.15, 0.2) is 0 Å². The third kappa shape index (κ3) is 1.59. The molecular weight excluding hydrogens is 176 g/mol. The van der Waals surface area contributed by atoms with E-state index in [9.17, 15) is 0 Å². The number of nitrogens with zero attached hydrogens (tertiary/aromatic N) is 2. The van der Waals surface area contributed by atoms with Gasteiger partial charge in [0.1, 0.15) is 11.4 Å². The van der Waals surface area contributed by atoms with Crippen molar-refractivity contribution in [3.05, 3.63) is 17.0 Å². The maximum absolute atomic E-state index is 5.55. The molecule has 0 aromatic carbocycles. The van der Waals surface area contributed by atoms with Crippen molar-refractivity contribution in [2.24, 2.45) is 0 Å². The van der Waals surface area contributed by atoms with E-state index in [0.717, 1.165) is 36.6 Å². The smallest absolute Gasteiger partial charge is 0.147 e. The second kappa shape index (κ2) is 3.95. The SMILES string of the molecule is CCCCc1nnc(C)c2c1CCO2. The fourth-order valence-corrected chi connectivity index (χ4v) is 1.84. The van der Waals surface area contributed by atoms with Crippen LogP contribution in [-0.2, 0) is 12.8 Å². The molecule has 0 aliphatic carbocycles. The van der Waals surface area contributed by atoms with Crippen molar-refractivity contribution in [1.82, 2.24) is 10.2 Å². The number of fused-ring (bicyclic) bond motifs is 1. The maximum Gasteiger partial charge on any atom is 0.147 e. The van der Waals surface area contributed by atoms with Crippen LogP contribution in [0.25, 0.3) is 0 Å². The summed E-state index contributed by atoms with van der Waals surface area (Å²) in [4.78, 5) is 0. The molecule has 0 spiro atoms. The van der Waals surface area contributed by atoms with Crippen molar-refractivity contribution >= 4 is 0 Å². The minimum absolute atomic E-state index is 0.794. The lowest BCUT2D eigenvalue weighted by Gasteiger charge is -2.06. The molecule has 0 atom stereocenters. The molecule has 0 amide bonds. The van der Waals surface area contributed by atoms with E-state index >= 15 is 0 Å². The van der Waals surface area contributed by atoms with Crippen LogP contribution < -0.4 is 4.74 Å². The van der Waals surface area contributed by atoms with Gasteiger partial charge >= 0.3 is 0 Å². The molecule has 1 aromatic heterocycles. The van der Waals surface area contributed by atoms with Crippen molar-refractivity contribution in [2.45, 2.75) is 39.5 Å². The summed E-state index contributed by atoms with van der Waals surface area (Å²) < 4.78 is 5.55. The van der Waals surface area contributed by atoms with Gasteiger partial charge in [0.2, 0.25) is 0 Å². The summed E-state index contributed by atoms with van der Waals surface area (Å²) in [6, 6.07) is 0. The van der Waals surface area contributed by atoms with Gasteiger partial charge in [-0.2, -0.15) is 10.2 Å². The van der Waals surface area contributed by atoms with Crippen LogP contribution >= 0.6 is 0 Å². The van der Waals surface area contributed by atoms with E-state index in [2.05, 4.69) is 17.1 Å². The molecule has 0 saturated carbocycles. The molecule has 0 radical (unpaired) electrons. The number of aromatic nitrogens is 2. The van der Waals surface area contributed by atoms with Crippen LogP contribution in [0.4, 0.5) is 0 Å². The van der Waals surface area contributed by atoms with Crippen LogP contribution in [-0.4, -0.2) is 16.8 Å². The lowest BCUT2D eigenvalue weighted by atomic mass is 10.1. The minimum atomic E-state index is 0.794. The Bertz CT molecular complexity index is 336.